The Morgan fingerprint density at radius 1 is 1.23 bits per heavy atom. The van der Waals surface area contributed by atoms with Crippen molar-refractivity contribution >= 4 is 11.9 Å². The summed E-state index contributed by atoms with van der Waals surface area (Å²) in [5.41, 5.74) is 2.70. The molecule has 1 N–H and O–H groups in total. The third kappa shape index (κ3) is 4.37. The lowest BCUT2D eigenvalue weighted by Gasteiger charge is -2.22. The van der Waals surface area contributed by atoms with Crippen molar-refractivity contribution in [3.8, 4) is 17.1 Å². The minimum Gasteiger partial charge on any atom is -0.442 e. The number of benzene rings is 2. The van der Waals surface area contributed by atoms with Crippen LogP contribution >= 0.6 is 0 Å². The van der Waals surface area contributed by atoms with E-state index in [4.69, 9.17) is 9.47 Å². The van der Waals surface area contributed by atoms with Crippen LogP contribution in [0.25, 0.3) is 11.1 Å². The number of nitrogens with one attached hydrogen (secondary N) is 1. The van der Waals surface area contributed by atoms with Crippen LogP contribution in [0.4, 0.5) is 15.0 Å². The second-order valence-corrected chi connectivity index (χ2v) is 6.69. The number of fused-ring (bicyclic) bond motifs is 1. The molecule has 1 atom stereocenters. The van der Waals surface area contributed by atoms with Gasteiger partial charge in [-0.25, -0.2) is 9.18 Å². The second-order valence-electron chi connectivity index (χ2n) is 6.69. The Hall–Kier alpha value is -3.95. The number of nitrogens with zero attached hydrogens (tertiary/aromatic N) is 3. The Labute approximate surface area is 170 Å². The van der Waals surface area contributed by atoms with Crippen molar-refractivity contribution in [2.45, 2.75) is 19.2 Å². The molecule has 3 aromatic rings. The van der Waals surface area contributed by atoms with Crippen molar-refractivity contribution < 1.29 is 23.6 Å². The lowest BCUT2D eigenvalue weighted by Crippen LogP contribution is -2.37. The highest BCUT2D eigenvalue weighted by Crippen LogP contribution is 2.23. The molecule has 2 heterocycles. The van der Waals surface area contributed by atoms with Gasteiger partial charge in [-0.3, -0.25) is 4.57 Å². The summed E-state index contributed by atoms with van der Waals surface area (Å²) in [6.45, 7) is 0.543. The smallest absolute Gasteiger partial charge is 0.414 e. The van der Waals surface area contributed by atoms with Crippen molar-refractivity contribution in [3.05, 3.63) is 76.2 Å². The molecule has 0 saturated carbocycles. The van der Waals surface area contributed by atoms with Gasteiger partial charge < -0.3 is 24.9 Å². The number of carbonyl (C=O) groups excluding carboxylic acids is 1. The summed E-state index contributed by atoms with van der Waals surface area (Å²) in [5, 5.41) is 13.4. The Kier molecular flexibility index (Phi) is 5.29. The number of alkyl carbamates (subject to hydrolysis) is 1. The highest BCUT2D eigenvalue weighted by molar-refractivity contribution is 5.67. The number of amides is 1. The number of rotatable bonds is 5. The molecule has 10 heteroatoms. The molecule has 0 saturated heterocycles. The lowest BCUT2D eigenvalue weighted by atomic mass is 10.0. The maximum atomic E-state index is 13.0. The molecule has 0 aliphatic carbocycles. The molecule has 0 unspecified atom stereocenters. The van der Waals surface area contributed by atoms with Crippen LogP contribution in [-0.4, -0.2) is 33.3 Å². The van der Waals surface area contributed by atoms with Gasteiger partial charge in [0.25, 0.3) is 0 Å². The largest absolute Gasteiger partial charge is 0.442 e. The summed E-state index contributed by atoms with van der Waals surface area (Å²) in [5.74, 6) is -0.608. The van der Waals surface area contributed by atoms with E-state index in [0.717, 1.165) is 16.7 Å². The standard InChI is InChI=1S/C20H17FN4O5/c21-16-7-5-15(6-8-16)14-3-1-13(2-4-14)9-22-20(26)30-17-10-24-11-18(25(27)28)23-19(24)29-12-17/h1-8,11,17H,9-10,12H2,(H,22,26)/t17-/m0/s1. The van der Waals surface area contributed by atoms with Crippen LogP contribution in [-0.2, 0) is 17.8 Å². The van der Waals surface area contributed by atoms with Crippen LogP contribution in [0.5, 0.6) is 6.01 Å². The molecule has 0 spiro atoms. The molecule has 1 aliphatic heterocycles. The van der Waals surface area contributed by atoms with Gasteiger partial charge in [0, 0.05) is 11.5 Å². The van der Waals surface area contributed by atoms with Crippen molar-refractivity contribution in [2.75, 3.05) is 6.61 Å². The van der Waals surface area contributed by atoms with Crippen LogP contribution in [0.1, 0.15) is 5.56 Å². The zero-order chi connectivity index (χ0) is 21.1. The first-order valence-electron chi connectivity index (χ1n) is 9.11. The number of ether oxygens (including phenoxy) is 2. The van der Waals surface area contributed by atoms with Crippen LogP contribution in [0.3, 0.4) is 0 Å². The molecule has 1 aromatic heterocycles. The molecule has 154 valence electrons. The van der Waals surface area contributed by atoms with Crippen LogP contribution in [0.15, 0.2) is 54.7 Å². The van der Waals surface area contributed by atoms with Gasteiger partial charge in [0.2, 0.25) is 0 Å². The van der Waals surface area contributed by atoms with E-state index < -0.39 is 17.1 Å². The van der Waals surface area contributed by atoms with Crippen molar-refractivity contribution in [2.24, 2.45) is 0 Å². The quantitative estimate of drug-likeness (QED) is 0.509. The monoisotopic (exact) mass is 412 g/mol. The molecule has 30 heavy (non-hydrogen) atoms. The van der Waals surface area contributed by atoms with Gasteiger partial charge in [0.15, 0.2) is 6.10 Å². The summed E-state index contributed by atoms with van der Waals surface area (Å²) in [6.07, 6.45) is 0.0299. The molecule has 9 nitrogen and oxygen atoms in total. The average Bonchev–Trinajstić information content (AvgIpc) is 3.17. The van der Waals surface area contributed by atoms with E-state index in [1.54, 1.807) is 12.1 Å². The predicted octanol–water partition coefficient (Wildman–Crippen LogP) is 3.28. The summed E-state index contributed by atoms with van der Waals surface area (Å²) in [7, 11) is 0. The predicted molar refractivity (Wildman–Crippen MR) is 103 cm³/mol. The minimum absolute atomic E-state index is 0.0634. The Morgan fingerprint density at radius 3 is 2.57 bits per heavy atom. The second kappa shape index (κ2) is 8.19. The van der Waals surface area contributed by atoms with Crippen LogP contribution in [0, 0.1) is 15.9 Å². The third-order valence-corrected chi connectivity index (χ3v) is 4.55. The molecular formula is C20H17FN4O5. The van der Waals surface area contributed by atoms with Gasteiger partial charge in [0.05, 0.1) is 6.54 Å². The molecular weight excluding hydrogens is 395 g/mol. The number of hydrogen-bond donors (Lipinski definition) is 1. The maximum Gasteiger partial charge on any atom is 0.414 e. The molecule has 0 bridgehead atoms. The number of hydrogen-bond acceptors (Lipinski definition) is 6. The fraction of sp³-hybridized carbons (Fsp3) is 0.200. The van der Waals surface area contributed by atoms with E-state index >= 15 is 0 Å². The van der Waals surface area contributed by atoms with Crippen LogP contribution < -0.4 is 10.1 Å². The van der Waals surface area contributed by atoms with E-state index in [9.17, 15) is 19.3 Å². The maximum absolute atomic E-state index is 13.0. The molecule has 0 fully saturated rings. The number of imidazole rings is 1. The highest BCUT2D eigenvalue weighted by Gasteiger charge is 2.29. The molecule has 2 aromatic carbocycles. The summed E-state index contributed by atoms with van der Waals surface area (Å²) in [6, 6.07) is 13.8. The fourth-order valence-corrected chi connectivity index (χ4v) is 3.06. The first-order valence-corrected chi connectivity index (χ1v) is 9.11. The first kappa shape index (κ1) is 19.4. The van der Waals surface area contributed by atoms with Crippen LogP contribution in [0.2, 0.25) is 0 Å². The van der Waals surface area contributed by atoms with E-state index in [0.29, 0.717) is 0 Å². The summed E-state index contributed by atoms with van der Waals surface area (Å²) in [4.78, 5) is 26.0. The van der Waals surface area contributed by atoms with E-state index in [1.807, 2.05) is 24.3 Å². The number of carbonyl (C=O) groups is 1. The minimum atomic E-state index is -0.621. The van der Waals surface area contributed by atoms with Crippen molar-refractivity contribution in [1.29, 1.82) is 0 Å². The normalized spacial score (nSPS) is 15.0. The van der Waals surface area contributed by atoms with Gasteiger partial charge >= 0.3 is 17.9 Å². The summed E-state index contributed by atoms with van der Waals surface area (Å²) < 4.78 is 25.1. The Morgan fingerprint density at radius 2 is 1.90 bits per heavy atom. The van der Waals surface area contributed by atoms with Crippen molar-refractivity contribution in [1.82, 2.24) is 14.9 Å². The first-order chi connectivity index (χ1) is 14.5. The topological polar surface area (TPSA) is 109 Å². The molecule has 4 rings (SSSR count). The van der Waals surface area contributed by atoms with Gasteiger partial charge in [-0.2, -0.15) is 0 Å². The summed E-state index contributed by atoms with van der Waals surface area (Å²) >= 11 is 0. The SMILES string of the molecule is O=C(NCc1ccc(-c2ccc(F)cc2)cc1)O[C@@H]1COc2nc([N+](=O)[O-])cn2C1. The molecule has 1 amide bonds. The van der Waals surface area contributed by atoms with E-state index in [1.165, 1.54) is 22.9 Å². The Balaban J connectivity index is 1.28. The average molecular weight is 412 g/mol. The lowest BCUT2D eigenvalue weighted by molar-refractivity contribution is -0.389. The number of halogens is 1. The van der Waals surface area contributed by atoms with E-state index in [2.05, 4.69) is 10.3 Å². The third-order valence-electron chi connectivity index (χ3n) is 4.55. The van der Waals surface area contributed by atoms with Crippen molar-refractivity contribution in [3.63, 3.8) is 0 Å². The zero-order valence-corrected chi connectivity index (χ0v) is 15.7. The molecule has 0 radical (unpaired) electrons. The van der Waals surface area contributed by atoms with Gasteiger partial charge in [-0.05, 0) is 33.7 Å². The van der Waals surface area contributed by atoms with E-state index in [-0.39, 0.29) is 37.3 Å². The zero-order valence-electron chi connectivity index (χ0n) is 15.7. The highest BCUT2D eigenvalue weighted by atomic mass is 19.1. The number of nitro groups is 1. The number of aromatic nitrogens is 2. The molecule has 1 aliphatic rings. The van der Waals surface area contributed by atoms with Gasteiger partial charge in [0.1, 0.15) is 18.6 Å². The fourth-order valence-electron chi connectivity index (χ4n) is 3.06. The van der Waals surface area contributed by atoms with Gasteiger partial charge in [-0.15, -0.1) is 0 Å². The Bertz CT molecular complexity index is 1070. The van der Waals surface area contributed by atoms with Gasteiger partial charge in [-0.1, -0.05) is 36.4 Å².